The zero-order chi connectivity index (χ0) is 18.5. The lowest BCUT2D eigenvalue weighted by molar-refractivity contribution is 0.302. The topological polar surface area (TPSA) is 0 Å². The van der Waals surface area contributed by atoms with E-state index in [1.165, 1.54) is 11.1 Å². The molecule has 2 aromatic carbocycles. The first kappa shape index (κ1) is 18.6. The molecular formula is C24H26F2. The van der Waals surface area contributed by atoms with Crippen molar-refractivity contribution in [3.05, 3.63) is 88.8 Å². The van der Waals surface area contributed by atoms with Gasteiger partial charge in [-0.1, -0.05) is 81.0 Å². The maximum atomic E-state index is 14.8. The van der Waals surface area contributed by atoms with Gasteiger partial charge in [0.15, 0.2) is 6.17 Å². The van der Waals surface area contributed by atoms with Crippen molar-refractivity contribution in [2.75, 3.05) is 0 Å². The van der Waals surface area contributed by atoms with Gasteiger partial charge in [-0.3, -0.25) is 0 Å². The summed E-state index contributed by atoms with van der Waals surface area (Å²) in [6, 6.07) is 15.6. The van der Waals surface area contributed by atoms with Gasteiger partial charge in [-0.05, 0) is 41.5 Å². The molecule has 2 unspecified atom stereocenters. The first-order valence-electron chi connectivity index (χ1n) is 9.54. The van der Waals surface area contributed by atoms with Crippen LogP contribution >= 0.6 is 0 Å². The predicted molar refractivity (Wildman–Crippen MR) is 106 cm³/mol. The first-order chi connectivity index (χ1) is 12.6. The van der Waals surface area contributed by atoms with Crippen molar-refractivity contribution in [3.63, 3.8) is 0 Å². The van der Waals surface area contributed by atoms with Crippen molar-refractivity contribution in [3.8, 4) is 0 Å². The quantitative estimate of drug-likeness (QED) is 0.527. The summed E-state index contributed by atoms with van der Waals surface area (Å²) in [5.41, 5.74) is 4.35. The summed E-state index contributed by atoms with van der Waals surface area (Å²) < 4.78 is 29.6. The van der Waals surface area contributed by atoms with Gasteiger partial charge in [0.1, 0.15) is 5.83 Å². The van der Waals surface area contributed by atoms with Gasteiger partial charge in [0.2, 0.25) is 0 Å². The number of alkyl halides is 1. The lowest BCUT2D eigenvalue weighted by Crippen LogP contribution is -2.17. The average molecular weight is 352 g/mol. The normalized spacial score (nSPS) is 19.8. The van der Waals surface area contributed by atoms with E-state index in [9.17, 15) is 8.78 Å². The highest BCUT2D eigenvalue weighted by Gasteiger charge is 2.30. The monoisotopic (exact) mass is 352 g/mol. The number of aryl methyl sites for hydroxylation is 2. The number of halogens is 2. The fraction of sp³-hybridized carbons (Fsp3) is 0.333. The van der Waals surface area contributed by atoms with Crippen LogP contribution in [-0.4, -0.2) is 6.17 Å². The van der Waals surface area contributed by atoms with Crippen LogP contribution in [0, 0.1) is 0 Å². The maximum absolute atomic E-state index is 14.8. The van der Waals surface area contributed by atoms with Crippen molar-refractivity contribution < 1.29 is 8.78 Å². The summed E-state index contributed by atoms with van der Waals surface area (Å²) in [7, 11) is 0. The Hall–Kier alpha value is -2.22. The Labute approximate surface area is 155 Å². The van der Waals surface area contributed by atoms with Gasteiger partial charge in [0.05, 0.1) is 0 Å². The van der Waals surface area contributed by atoms with Gasteiger partial charge in [-0.2, -0.15) is 0 Å². The molecule has 1 aliphatic carbocycles. The molecule has 2 atom stereocenters. The highest BCUT2D eigenvalue weighted by atomic mass is 19.2. The molecule has 2 aromatic rings. The minimum absolute atomic E-state index is 0.357. The third kappa shape index (κ3) is 3.95. The molecule has 0 aliphatic heterocycles. The van der Waals surface area contributed by atoms with Gasteiger partial charge in [0.25, 0.3) is 0 Å². The summed E-state index contributed by atoms with van der Waals surface area (Å²) in [4.78, 5) is 0. The largest absolute Gasteiger partial charge is 0.239 e. The minimum atomic E-state index is -1.64. The third-order valence-corrected chi connectivity index (χ3v) is 5.14. The Morgan fingerprint density at radius 2 is 1.54 bits per heavy atom. The van der Waals surface area contributed by atoms with Crippen LogP contribution in [0.25, 0.3) is 5.57 Å². The summed E-state index contributed by atoms with van der Waals surface area (Å²) in [5, 5.41) is 0. The van der Waals surface area contributed by atoms with E-state index in [2.05, 4.69) is 13.8 Å². The van der Waals surface area contributed by atoms with E-state index in [1.807, 2.05) is 48.5 Å². The molecule has 0 aromatic heterocycles. The molecule has 0 bridgehead atoms. The van der Waals surface area contributed by atoms with Crippen LogP contribution in [0.2, 0.25) is 0 Å². The van der Waals surface area contributed by atoms with Gasteiger partial charge in [-0.15, -0.1) is 0 Å². The number of allylic oxidation sites excluding steroid dienone is 4. The Balaban J connectivity index is 1.79. The number of hydrogen-bond acceptors (Lipinski definition) is 0. The van der Waals surface area contributed by atoms with E-state index in [1.54, 1.807) is 12.2 Å². The van der Waals surface area contributed by atoms with E-state index in [4.69, 9.17) is 0 Å². The van der Waals surface area contributed by atoms with Crippen LogP contribution in [-0.2, 0) is 12.8 Å². The summed E-state index contributed by atoms with van der Waals surface area (Å²) >= 11 is 0. The van der Waals surface area contributed by atoms with Crippen LogP contribution in [0.3, 0.4) is 0 Å². The Morgan fingerprint density at radius 1 is 0.885 bits per heavy atom. The molecule has 26 heavy (non-hydrogen) atoms. The summed E-state index contributed by atoms with van der Waals surface area (Å²) in [6.45, 7) is 4.24. The van der Waals surface area contributed by atoms with Gasteiger partial charge < -0.3 is 0 Å². The lowest BCUT2D eigenvalue weighted by Gasteiger charge is -2.23. The first-order valence-corrected chi connectivity index (χ1v) is 9.54. The van der Waals surface area contributed by atoms with Gasteiger partial charge >= 0.3 is 0 Å². The fourth-order valence-electron chi connectivity index (χ4n) is 3.40. The van der Waals surface area contributed by atoms with E-state index >= 15 is 0 Å². The highest BCUT2D eigenvalue weighted by molar-refractivity contribution is 5.78. The van der Waals surface area contributed by atoms with E-state index in [0.717, 1.165) is 36.8 Å². The third-order valence-electron chi connectivity index (χ3n) is 5.14. The number of unbranched alkanes of at least 4 members (excludes halogenated alkanes) is 1. The van der Waals surface area contributed by atoms with Crippen molar-refractivity contribution in [2.24, 2.45) is 0 Å². The van der Waals surface area contributed by atoms with Crippen molar-refractivity contribution in [1.82, 2.24) is 0 Å². The second kappa shape index (κ2) is 8.44. The highest BCUT2D eigenvalue weighted by Crippen LogP contribution is 2.38. The molecule has 2 heteroatoms. The van der Waals surface area contributed by atoms with Gasteiger partial charge in [-0.25, -0.2) is 8.78 Å². The summed E-state index contributed by atoms with van der Waals surface area (Å²) in [5.74, 6) is -1.23. The molecule has 0 amide bonds. The number of hydrogen-bond donors (Lipinski definition) is 0. The molecule has 3 rings (SSSR count). The smallest absolute Gasteiger partial charge is 0.162 e. The Morgan fingerprint density at radius 3 is 2.15 bits per heavy atom. The SMILES string of the molecule is CCCCc1ccc(C2C=CC(c3ccc(CC)cc3)=C(F)C2F)cc1. The van der Waals surface area contributed by atoms with Crippen molar-refractivity contribution in [1.29, 1.82) is 0 Å². The van der Waals surface area contributed by atoms with Crippen LogP contribution in [0.5, 0.6) is 0 Å². The van der Waals surface area contributed by atoms with Crippen LogP contribution in [0.4, 0.5) is 8.78 Å². The molecule has 0 nitrogen and oxygen atoms in total. The number of rotatable bonds is 6. The van der Waals surface area contributed by atoms with E-state index < -0.39 is 17.9 Å². The Kier molecular flexibility index (Phi) is 6.03. The lowest BCUT2D eigenvalue weighted by atomic mass is 9.85. The zero-order valence-electron chi connectivity index (χ0n) is 15.5. The molecule has 0 spiro atoms. The minimum Gasteiger partial charge on any atom is -0.239 e. The maximum Gasteiger partial charge on any atom is 0.162 e. The molecule has 0 radical (unpaired) electrons. The molecule has 1 aliphatic rings. The molecule has 136 valence electrons. The van der Waals surface area contributed by atoms with E-state index in [-0.39, 0.29) is 0 Å². The van der Waals surface area contributed by atoms with Crippen LogP contribution in [0.15, 0.2) is 66.5 Å². The van der Waals surface area contributed by atoms with Crippen molar-refractivity contribution >= 4 is 5.57 Å². The fourth-order valence-corrected chi connectivity index (χ4v) is 3.40. The zero-order valence-corrected chi connectivity index (χ0v) is 15.5. The van der Waals surface area contributed by atoms with E-state index in [0.29, 0.717) is 5.57 Å². The van der Waals surface area contributed by atoms with Gasteiger partial charge in [0, 0.05) is 11.5 Å². The molecule has 0 saturated heterocycles. The second-order valence-electron chi connectivity index (χ2n) is 6.94. The molecule has 0 heterocycles. The van der Waals surface area contributed by atoms with Crippen molar-refractivity contribution in [2.45, 2.75) is 51.6 Å². The average Bonchev–Trinajstić information content (AvgIpc) is 2.69. The second-order valence-corrected chi connectivity index (χ2v) is 6.94. The standard InChI is InChI=1S/C24H26F2/c1-3-5-6-18-9-13-20(14-10-18)22-16-15-21(23(25)24(22)26)19-11-7-17(4-2)8-12-19/h7-16,22,24H,3-6H2,1-2H3. The molecule has 0 fully saturated rings. The summed E-state index contributed by atoms with van der Waals surface area (Å²) in [6.07, 6.45) is 6.13. The Bertz CT molecular complexity index is 782. The van der Waals surface area contributed by atoms with Crippen LogP contribution in [0.1, 0.15) is 54.9 Å². The molecule has 0 N–H and O–H groups in total. The van der Waals surface area contributed by atoms with Crippen LogP contribution < -0.4 is 0 Å². The molecular weight excluding hydrogens is 326 g/mol. The molecule has 0 saturated carbocycles. The number of benzene rings is 2. The predicted octanol–water partition coefficient (Wildman–Crippen LogP) is 6.96.